The summed E-state index contributed by atoms with van der Waals surface area (Å²) in [5.41, 5.74) is 0.734. The first-order chi connectivity index (χ1) is 13.3. The number of ether oxygens (including phenoxy) is 1. The normalized spacial score (nSPS) is 15.8. The van der Waals surface area contributed by atoms with Gasteiger partial charge in [0.1, 0.15) is 5.56 Å². The maximum Gasteiger partial charge on any atom is 0.277 e. The molecule has 1 aliphatic rings. The smallest absolute Gasteiger partial charge is 0.277 e. The quantitative estimate of drug-likeness (QED) is 0.558. The van der Waals surface area contributed by atoms with E-state index in [1.165, 1.54) is 16.9 Å². The third kappa shape index (κ3) is 4.07. The van der Waals surface area contributed by atoms with Crippen LogP contribution in [0.5, 0.6) is 0 Å². The standard InChI is InChI=1S/C18H22ClN3O5S/c1-11(2)22-18(24)14(9-20-22)17(23)13-4-3-12(10-28(25)26)16(15(13)19)21-5-7-27-8-6-21/h3-4,9,11,20H,5-8,10H2,1-2H3,(H,25,26)/p-1. The Labute approximate surface area is 169 Å². The van der Waals surface area contributed by atoms with E-state index in [1.54, 1.807) is 6.07 Å². The minimum atomic E-state index is -2.31. The van der Waals surface area contributed by atoms with Gasteiger partial charge in [-0.05, 0) is 25.5 Å². The number of nitrogens with zero attached hydrogens (tertiary/aromatic N) is 2. The molecule has 0 saturated carbocycles. The third-order valence-corrected chi connectivity index (χ3v) is 5.53. The Morgan fingerprint density at radius 2 is 2.00 bits per heavy atom. The highest BCUT2D eigenvalue weighted by Gasteiger charge is 2.25. The monoisotopic (exact) mass is 426 g/mol. The largest absolute Gasteiger partial charge is 0.772 e. The SMILES string of the molecule is CC(C)n1[nH]cc(C(=O)c2ccc(CS(=O)[O-])c(N3CCOCC3)c2Cl)c1=O. The first kappa shape index (κ1) is 20.8. The molecule has 1 atom stereocenters. The van der Waals surface area contributed by atoms with Crippen LogP contribution in [0, 0.1) is 0 Å². The molecule has 1 aliphatic heterocycles. The zero-order valence-corrected chi connectivity index (χ0v) is 17.1. The number of hydrogen-bond acceptors (Lipinski definition) is 6. The lowest BCUT2D eigenvalue weighted by Crippen LogP contribution is -2.37. The molecule has 1 unspecified atom stereocenters. The number of carbonyl (C=O) groups excluding carboxylic acids is 1. The van der Waals surface area contributed by atoms with Crippen molar-refractivity contribution < 1.29 is 18.3 Å². The molecular formula is C18H21ClN3O5S-. The van der Waals surface area contributed by atoms with Crippen LogP contribution in [-0.2, 0) is 21.6 Å². The van der Waals surface area contributed by atoms with Crippen LogP contribution in [0.1, 0.15) is 41.4 Å². The van der Waals surface area contributed by atoms with Gasteiger partial charge in [-0.25, -0.2) is 0 Å². The number of aromatic nitrogens is 2. The minimum absolute atomic E-state index is 0.0105. The van der Waals surface area contributed by atoms with Crippen LogP contribution < -0.4 is 10.5 Å². The first-order valence-electron chi connectivity index (χ1n) is 8.85. The molecule has 1 fully saturated rings. The van der Waals surface area contributed by atoms with Crippen molar-refractivity contribution in [1.29, 1.82) is 0 Å². The summed E-state index contributed by atoms with van der Waals surface area (Å²) in [5.74, 6) is -0.722. The van der Waals surface area contributed by atoms with E-state index >= 15 is 0 Å². The van der Waals surface area contributed by atoms with Crippen molar-refractivity contribution in [1.82, 2.24) is 9.78 Å². The molecule has 8 nitrogen and oxygen atoms in total. The van der Waals surface area contributed by atoms with E-state index in [0.29, 0.717) is 37.6 Å². The number of halogens is 1. The molecule has 2 aromatic rings. The van der Waals surface area contributed by atoms with Crippen molar-refractivity contribution in [3.63, 3.8) is 0 Å². The van der Waals surface area contributed by atoms with E-state index in [9.17, 15) is 18.4 Å². The fourth-order valence-corrected chi connectivity index (χ4v) is 4.10. The van der Waals surface area contributed by atoms with E-state index in [4.69, 9.17) is 16.3 Å². The molecule has 28 heavy (non-hydrogen) atoms. The lowest BCUT2D eigenvalue weighted by molar-refractivity contribution is 0.103. The van der Waals surface area contributed by atoms with Crippen molar-refractivity contribution in [3.05, 3.63) is 50.4 Å². The van der Waals surface area contributed by atoms with E-state index in [2.05, 4.69) is 5.10 Å². The highest BCUT2D eigenvalue weighted by molar-refractivity contribution is 7.78. The van der Waals surface area contributed by atoms with Gasteiger partial charge in [0.05, 0.1) is 23.9 Å². The number of nitrogens with one attached hydrogen (secondary N) is 1. The molecule has 0 spiro atoms. The van der Waals surface area contributed by atoms with E-state index in [0.717, 1.165) is 0 Å². The van der Waals surface area contributed by atoms with Crippen molar-refractivity contribution in [3.8, 4) is 0 Å². The van der Waals surface area contributed by atoms with Gasteiger partial charge in [-0.1, -0.05) is 28.7 Å². The summed E-state index contributed by atoms with van der Waals surface area (Å²) in [6.45, 7) is 5.66. The molecule has 0 amide bonds. The van der Waals surface area contributed by atoms with Crippen molar-refractivity contribution in [2.45, 2.75) is 25.6 Å². The Morgan fingerprint density at radius 1 is 1.32 bits per heavy atom. The molecule has 1 aromatic heterocycles. The lowest BCUT2D eigenvalue weighted by Gasteiger charge is -2.32. The van der Waals surface area contributed by atoms with E-state index in [-0.39, 0.29) is 27.9 Å². The van der Waals surface area contributed by atoms with Crippen molar-refractivity contribution in [2.75, 3.05) is 31.2 Å². The fraction of sp³-hybridized carbons (Fsp3) is 0.444. The molecule has 1 N–H and O–H groups in total. The summed E-state index contributed by atoms with van der Waals surface area (Å²) in [5, 5.41) is 2.94. The molecular weight excluding hydrogens is 406 g/mol. The summed E-state index contributed by atoms with van der Waals surface area (Å²) >= 11 is 4.27. The van der Waals surface area contributed by atoms with Gasteiger partial charge in [0.15, 0.2) is 0 Å². The molecule has 152 valence electrons. The van der Waals surface area contributed by atoms with Gasteiger partial charge in [0, 0.05) is 36.6 Å². The number of morpholine rings is 1. The Hall–Kier alpha value is -1.94. The molecule has 0 aliphatic carbocycles. The second kappa shape index (κ2) is 8.60. The molecule has 2 heterocycles. The minimum Gasteiger partial charge on any atom is -0.772 e. The summed E-state index contributed by atoms with van der Waals surface area (Å²) in [6, 6.07) is 2.93. The average Bonchev–Trinajstić information content (AvgIpc) is 3.03. The topological polar surface area (TPSA) is 107 Å². The van der Waals surface area contributed by atoms with Crippen LogP contribution >= 0.6 is 11.6 Å². The Kier molecular flexibility index (Phi) is 6.39. The molecule has 1 saturated heterocycles. The Bertz CT molecular complexity index is 963. The molecule has 0 bridgehead atoms. The Morgan fingerprint density at radius 3 is 2.57 bits per heavy atom. The fourth-order valence-electron chi connectivity index (χ4n) is 3.23. The third-order valence-electron chi connectivity index (χ3n) is 4.60. The predicted molar refractivity (Wildman–Crippen MR) is 106 cm³/mol. The van der Waals surface area contributed by atoms with E-state index in [1.807, 2.05) is 18.7 Å². The number of benzene rings is 1. The number of H-pyrrole nitrogens is 1. The van der Waals surface area contributed by atoms with Crippen LogP contribution in [0.15, 0.2) is 23.1 Å². The zero-order valence-electron chi connectivity index (χ0n) is 15.6. The van der Waals surface area contributed by atoms with Gasteiger partial charge < -0.3 is 19.3 Å². The summed E-state index contributed by atoms with van der Waals surface area (Å²) in [7, 11) is 0. The first-order valence-corrected chi connectivity index (χ1v) is 10.5. The number of carbonyl (C=O) groups is 1. The number of hydrogen-bond donors (Lipinski definition) is 1. The van der Waals surface area contributed by atoms with Crippen molar-refractivity contribution >= 4 is 34.2 Å². The zero-order chi connectivity index (χ0) is 20.4. The van der Waals surface area contributed by atoms with Crippen LogP contribution in [0.3, 0.4) is 0 Å². The summed E-state index contributed by atoms with van der Waals surface area (Å²) < 4.78 is 29.2. The maximum absolute atomic E-state index is 13.0. The lowest BCUT2D eigenvalue weighted by atomic mass is 10.0. The van der Waals surface area contributed by atoms with Gasteiger partial charge in [0.25, 0.3) is 5.56 Å². The van der Waals surface area contributed by atoms with Gasteiger partial charge in [-0.3, -0.25) is 18.5 Å². The molecule has 0 radical (unpaired) electrons. The Balaban J connectivity index is 2.08. The highest BCUT2D eigenvalue weighted by atomic mass is 35.5. The van der Waals surface area contributed by atoms with Gasteiger partial charge in [-0.15, -0.1) is 0 Å². The van der Waals surface area contributed by atoms with Gasteiger partial charge in [0.2, 0.25) is 5.78 Å². The number of aromatic amines is 1. The number of ketones is 1. The second-order valence-electron chi connectivity index (χ2n) is 6.77. The van der Waals surface area contributed by atoms with E-state index < -0.39 is 22.4 Å². The number of rotatable bonds is 6. The van der Waals surface area contributed by atoms with Crippen LogP contribution in [0.4, 0.5) is 5.69 Å². The molecule has 3 rings (SSSR count). The second-order valence-corrected chi connectivity index (χ2v) is 8.04. The van der Waals surface area contributed by atoms with Crippen LogP contribution in [0.2, 0.25) is 5.02 Å². The predicted octanol–water partition coefficient (Wildman–Crippen LogP) is 1.86. The molecule has 10 heteroatoms. The maximum atomic E-state index is 13.0. The number of anilines is 1. The van der Waals surface area contributed by atoms with Crippen LogP contribution in [0.25, 0.3) is 0 Å². The van der Waals surface area contributed by atoms with Gasteiger partial charge in [-0.2, -0.15) is 0 Å². The highest BCUT2D eigenvalue weighted by Crippen LogP contribution is 2.35. The summed E-state index contributed by atoms with van der Waals surface area (Å²) in [6.07, 6.45) is 1.37. The summed E-state index contributed by atoms with van der Waals surface area (Å²) in [4.78, 5) is 27.4. The van der Waals surface area contributed by atoms with Crippen LogP contribution in [-0.4, -0.2) is 50.6 Å². The van der Waals surface area contributed by atoms with Crippen molar-refractivity contribution in [2.24, 2.45) is 0 Å². The molecule has 1 aromatic carbocycles. The average molecular weight is 427 g/mol. The van der Waals surface area contributed by atoms with Gasteiger partial charge >= 0.3 is 0 Å².